The average Bonchev–Trinajstić information content (AvgIpc) is 3.62. The number of anilines is 1. The van der Waals surface area contributed by atoms with E-state index in [-0.39, 0.29) is 34.7 Å². The van der Waals surface area contributed by atoms with E-state index >= 15 is 4.39 Å². The van der Waals surface area contributed by atoms with Crippen LogP contribution in [-0.4, -0.2) is 29.7 Å². The predicted molar refractivity (Wildman–Crippen MR) is 181 cm³/mol. The Kier molecular flexibility index (Phi) is 7.30. The van der Waals surface area contributed by atoms with Crippen LogP contribution in [0.25, 0.3) is 38.2 Å². The van der Waals surface area contributed by atoms with Crippen molar-refractivity contribution in [3.63, 3.8) is 0 Å². The summed E-state index contributed by atoms with van der Waals surface area (Å²) in [5.41, 5.74) is 10.8. The highest BCUT2D eigenvalue weighted by molar-refractivity contribution is 7.37. The van der Waals surface area contributed by atoms with Gasteiger partial charge in [-0.25, -0.2) is 19.0 Å². The highest BCUT2D eigenvalue weighted by Gasteiger charge is 2.39. The second-order valence-corrected chi connectivity index (χ2v) is 14.4. The molecule has 0 saturated heterocycles. The molecule has 4 aromatic heterocycles. The van der Waals surface area contributed by atoms with Crippen LogP contribution in [0.4, 0.5) is 10.2 Å². The van der Waals surface area contributed by atoms with Gasteiger partial charge >= 0.3 is 0 Å². The molecule has 4 heterocycles. The molecule has 0 bridgehead atoms. The zero-order valence-corrected chi connectivity index (χ0v) is 27.3. The van der Waals surface area contributed by atoms with Crippen molar-refractivity contribution in [1.29, 1.82) is 0 Å². The first-order valence-electron chi connectivity index (χ1n) is 13.7. The Bertz CT molecular complexity index is 2110. The third-order valence-electron chi connectivity index (χ3n) is 7.72. The van der Waals surface area contributed by atoms with Gasteiger partial charge in [-0.3, -0.25) is 9.20 Å². The molecule has 2 N–H and O–H groups in total. The summed E-state index contributed by atoms with van der Waals surface area (Å²) in [6.07, 6.45) is 3.36. The van der Waals surface area contributed by atoms with Gasteiger partial charge in [0.15, 0.2) is 17.2 Å². The van der Waals surface area contributed by atoms with Crippen LogP contribution >= 0.6 is 39.1 Å². The van der Waals surface area contributed by atoms with Gasteiger partial charge in [-0.2, -0.15) is 5.10 Å². The molecule has 0 amide bonds. The van der Waals surface area contributed by atoms with Crippen molar-refractivity contribution < 1.29 is 9.13 Å². The van der Waals surface area contributed by atoms with Gasteiger partial charge in [-0.1, -0.05) is 36.7 Å². The van der Waals surface area contributed by atoms with Crippen LogP contribution in [0.3, 0.4) is 0 Å². The zero-order valence-electron chi connectivity index (χ0n) is 23.1. The number of benzene rings is 2. The molecule has 13 heteroatoms. The lowest BCUT2D eigenvalue weighted by atomic mass is 9.93. The monoisotopic (exact) mass is 648 g/mol. The highest BCUT2D eigenvalue weighted by atomic mass is 32.1. The summed E-state index contributed by atoms with van der Waals surface area (Å²) >= 11 is 1.54. The average molecular weight is 649 g/mol. The number of aryl methyl sites for hydroxylation is 1. The van der Waals surface area contributed by atoms with Gasteiger partial charge in [-0.05, 0) is 72.4 Å². The number of nitrogens with two attached hydrogens (primary N) is 1. The largest absolute Gasteiger partial charge is 0.480 e. The van der Waals surface area contributed by atoms with Crippen molar-refractivity contribution in [2.24, 2.45) is 5.92 Å². The van der Waals surface area contributed by atoms with E-state index in [2.05, 4.69) is 43.8 Å². The maximum atomic E-state index is 15.2. The molecule has 218 valence electrons. The van der Waals surface area contributed by atoms with Crippen molar-refractivity contribution in [3.05, 3.63) is 87.7 Å². The Labute approximate surface area is 257 Å². The van der Waals surface area contributed by atoms with Crippen molar-refractivity contribution >= 4 is 66.0 Å². The Balaban J connectivity index is 1.49. The smallest absolute Gasteiger partial charge is 0.264 e. The second-order valence-electron chi connectivity index (χ2n) is 10.7. The lowest BCUT2D eigenvalue weighted by Crippen LogP contribution is -2.23. The number of hydrogen-bond donors (Lipinski definition) is 1. The van der Waals surface area contributed by atoms with E-state index in [4.69, 9.17) is 15.6 Å². The quantitative estimate of drug-likeness (QED) is 0.221. The molecule has 1 aliphatic carbocycles. The topological polar surface area (TPSA) is 100 Å². The molecular formula is C30H28FN6O2P3S. The summed E-state index contributed by atoms with van der Waals surface area (Å²) in [5.74, 6) is 0.0809. The number of nitrogens with zero attached hydrogens (tertiary/aromatic N) is 5. The van der Waals surface area contributed by atoms with E-state index in [0.717, 1.165) is 39.8 Å². The second kappa shape index (κ2) is 11.0. The van der Waals surface area contributed by atoms with Gasteiger partial charge in [0.2, 0.25) is 0 Å². The molecule has 1 fully saturated rings. The summed E-state index contributed by atoms with van der Waals surface area (Å²) in [6, 6.07) is 14.4. The molecule has 7 rings (SSSR count). The summed E-state index contributed by atoms with van der Waals surface area (Å²) in [7, 11) is 7.63. The molecule has 0 aliphatic heterocycles. The highest BCUT2D eigenvalue weighted by Crippen LogP contribution is 2.48. The zero-order chi connectivity index (χ0) is 30.0. The minimum absolute atomic E-state index is 0.0718. The number of rotatable bonds is 7. The first-order valence-corrected chi connectivity index (χ1v) is 16.5. The lowest BCUT2D eigenvalue weighted by Gasteiger charge is -2.22. The molecule has 0 spiro atoms. The van der Waals surface area contributed by atoms with Gasteiger partial charge in [0.05, 0.1) is 17.0 Å². The van der Waals surface area contributed by atoms with Crippen molar-refractivity contribution in [1.82, 2.24) is 24.1 Å². The van der Waals surface area contributed by atoms with Crippen LogP contribution in [0, 0.1) is 18.7 Å². The van der Waals surface area contributed by atoms with E-state index < -0.39 is 5.82 Å². The molecule has 1 aliphatic rings. The summed E-state index contributed by atoms with van der Waals surface area (Å²) in [4.78, 5) is 24.0. The Morgan fingerprint density at radius 1 is 1.12 bits per heavy atom. The minimum atomic E-state index is -0.518. The predicted octanol–water partition coefficient (Wildman–Crippen LogP) is 5.78. The Morgan fingerprint density at radius 3 is 2.65 bits per heavy atom. The number of halogens is 1. The number of nitrogen functional groups attached to an aromatic ring is 1. The number of pyridine rings is 1. The minimum Gasteiger partial charge on any atom is -0.480 e. The first kappa shape index (κ1) is 28.5. The third-order valence-corrected chi connectivity index (χ3v) is 9.35. The Hall–Kier alpha value is -3.28. The number of fused-ring (bicyclic) bond motifs is 2. The van der Waals surface area contributed by atoms with Gasteiger partial charge in [0.1, 0.15) is 28.3 Å². The SMILES string of the molecule is Cc1csc2cc([C@H](C3CC3)n3nc(-c4ccc(OC(P)P)c(F)c4)c4c(N)ncnc43)c(-c3cccc(P)c3)c(=O)n12. The number of hydrogen-bond acceptors (Lipinski definition) is 7. The summed E-state index contributed by atoms with van der Waals surface area (Å²) in [6.45, 7) is 1.94. The van der Waals surface area contributed by atoms with E-state index in [1.807, 2.05) is 41.3 Å². The third kappa shape index (κ3) is 5.05. The molecule has 8 nitrogen and oxygen atoms in total. The fourth-order valence-electron chi connectivity index (χ4n) is 5.72. The van der Waals surface area contributed by atoms with Gasteiger partial charge in [0, 0.05) is 16.6 Å². The number of aromatic nitrogens is 5. The van der Waals surface area contributed by atoms with Crippen LogP contribution in [-0.2, 0) is 0 Å². The maximum Gasteiger partial charge on any atom is 0.264 e. The van der Waals surface area contributed by atoms with Crippen LogP contribution in [0.2, 0.25) is 0 Å². The standard InChI is InChI=1S/C30H28FN6O2P3S/c1-14-12-43-22-11-19(23(29(38)36(14)22)16-3-2-4-18(40)9-16)26(15-5-6-15)37-28-24(27(32)33-13-34-28)25(35-37)17-7-8-21(20(31)10-17)39-30(41)42/h2-4,7-13,15,26,30H,5-6,40-42H2,1H3,(H2,32,33,34)/t26-/m0/s1. The van der Waals surface area contributed by atoms with Gasteiger partial charge in [0.25, 0.3) is 5.56 Å². The van der Waals surface area contributed by atoms with Crippen LogP contribution in [0.1, 0.15) is 30.1 Å². The fraction of sp³-hybridized carbons (Fsp3) is 0.200. The first-order chi connectivity index (χ1) is 20.7. The van der Waals surface area contributed by atoms with Gasteiger partial charge < -0.3 is 10.5 Å². The van der Waals surface area contributed by atoms with Crippen LogP contribution < -0.4 is 21.3 Å². The number of thiazole rings is 1. The lowest BCUT2D eigenvalue weighted by molar-refractivity contribution is 0.343. The van der Waals surface area contributed by atoms with E-state index in [9.17, 15) is 4.79 Å². The van der Waals surface area contributed by atoms with E-state index in [1.165, 1.54) is 23.7 Å². The van der Waals surface area contributed by atoms with Crippen molar-refractivity contribution in [2.45, 2.75) is 31.4 Å². The van der Waals surface area contributed by atoms with E-state index in [0.29, 0.717) is 27.9 Å². The van der Waals surface area contributed by atoms with Crippen LogP contribution in [0.15, 0.2) is 65.0 Å². The molecular weight excluding hydrogens is 620 g/mol. The van der Waals surface area contributed by atoms with Crippen molar-refractivity contribution in [3.8, 4) is 28.1 Å². The molecule has 6 aromatic rings. The molecule has 0 radical (unpaired) electrons. The fourth-order valence-corrected chi connectivity index (χ4v) is 7.23. The molecule has 1 saturated carbocycles. The van der Waals surface area contributed by atoms with Crippen LogP contribution in [0.5, 0.6) is 5.75 Å². The summed E-state index contributed by atoms with van der Waals surface area (Å²) in [5, 5.41) is 8.58. The molecule has 43 heavy (non-hydrogen) atoms. The Morgan fingerprint density at radius 2 is 1.93 bits per heavy atom. The van der Waals surface area contributed by atoms with E-state index in [1.54, 1.807) is 16.5 Å². The maximum absolute atomic E-state index is 15.2. The molecule has 4 atom stereocenters. The number of ether oxygens (including phenoxy) is 1. The molecule has 2 aromatic carbocycles. The summed E-state index contributed by atoms with van der Waals surface area (Å²) < 4.78 is 24.3. The van der Waals surface area contributed by atoms with Gasteiger partial charge in [-0.15, -0.1) is 20.6 Å². The van der Waals surface area contributed by atoms with Crippen molar-refractivity contribution in [2.75, 3.05) is 5.73 Å². The normalized spacial score (nSPS) is 14.2. The molecule has 3 unspecified atom stereocenters.